The molecule has 1 unspecified atom stereocenters. The number of benzene rings is 1. The molecule has 18 heavy (non-hydrogen) atoms. The smallest absolute Gasteiger partial charge is 0.154 e. The van der Waals surface area contributed by atoms with Gasteiger partial charge in [-0.2, -0.15) is 0 Å². The third kappa shape index (κ3) is 5.08. The van der Waals surface area contributed by atoms with Gasteiger partial charge in [0.05, 0.1) is 11.0 Å². The topological polar surface area (TPSA) is 46.2 Å². The fourth-order valence-corrected chi connectivity index (χ4v) is 3.05. The summed E-state index contributed by atoms with van der Waals surface area (Å²) in [4.78, 5) is 0. The fraction of sp³-hybridized carbons (Fsp3) is 0.571. The quantitative estimate of drug-likeness (QED) is 0.738. The predicted molar refractivity (Wildman–Crippen MR) is 77.7 cm³/mol. The minimum Gasteiger partial charge on any atom is -0.384 e. The summed E-state index contributed by atoms with van der Waals surface area (Å²) < 4.78 is 24.0. The van der Waals surface area contributed by atoms with E-state index in [0.29, 0.717) is 12.3 Å². The van der Waals surface area contributed by atoms with Crippen molar-refractivity contribution in [3.63, 3.8) is 0 Å². The number of anilines is 1. The van der Waals surface area contributed by atoms with Gasteiger partial charge in [0, 0.05) is 12.2 Å². The maximum atomic E-state index is 12.0. The molecule has 0 saturated carbocycles. The molecule has 0 bridgehead atoms. The summed E-state index contributed by atoms with van der Waals surface area (Å²) in [5.74, 6) is 0.304. The van der Waals surface area contributed by atoms with E-state index in [1.807, 2.05) is 30.3 Å². The van der Waals surface area contributed by atoms with E-state index in [2.05, 4.69) is 12.2 Å². The Balaban J connectivity index is 2.42. The van der Waals surface area contributed by atoms with Crippen LogP contribution in [0.4, 0.5) is 5.69 Å². The molecule has 102 valence electrons. The molecular formula is C14H23NO2S. The largest absolute Gasteiger partial charge is 0.384 e. The van der Waals surface area contributed by atoms with E-state index < -0.39 is 9.84 Å². The zero-order chi connectivity index (χ0) is 13.4. The molecule has 0 aliphatic heterocycles. The van der Waals surface area contributed by atoms with E-state index in [4.69, 9.17) is 0 Å². The summed E-state index contributed by atoms with van der Waals surface area (Å²) in [5.41, 5.74) is 0.966. The molecule has 1 aromatic carbocycles. The van der Waals surface area contributed by atoms with E-state index >= 15 is 0 Å². The Labute approximate surface area is 111 Å². The molecule has 0 amide bonds. The molecule has 1 aromatic rings. The van der Waals surface area contributed by atoms with E-state index in [9.17, 15) is 8.42 Å². The second-order valence-corrected chi connectivity index (χ2v) is 7.17. The lowest BCUT2D eigenvalue weighted by Gasteiger charge is -2.14. The third-order valence-corrected chi connectivity index (χ3v) is 5.26. The van der Waals surface area contributed by atoms with Gasteiger partial charge in [0.15, 0.2) is 9.84 Å². The molecule has 0 saturated heterocycles. The van der Waals surface area contributed by atoms with Gasteiger partial charge in [0.2, 0.25) is 0 Å². The molecule has 0 aromatic heterocycles. The van der Waals surface area contributed by atoms with Gasteiger partial charge in [0.1, 0.15) is 0 Å². The molecule has 1 atom stereocenters. The van der Waals surface area contributed by atoms with Gasteiger partial charge in [0.25, 0.3) is 0 Å². The monoisotopic (exact) mass is 269 g/mol. The number of hydrogen-bond donors (Lipinski definition) is 1. The highest BCUT2D eigenvalue weighted by atomic mass is 32.2. The predicted octanol–water partition coefficient (Wildman–Crippen LogP) is 3.09. The van der Waals surface area contributed by atoms with E-state index in [0.717, 1.165) is 24.9 Å². The first kappa shape index (κ1) is 15.0. The van der Waals surface area contributed by atoms with Crippen LogP contribution in [0.5, 0.6) is 0 Å². The molecule has 1 N–H and O–H groups in total. The van der Waals surface area contributed by atoms with Gasteiger partial charge in [-0.1, -0.05) is 38.0 Å². The molecule has 0 heterocycles. The number of hydrogen-bond acceptors (Lipinski definition) is 3. The molecule has 0 spiro atoms. The zero-order valence-corrected chi connectivity index (χ0v) is 12.0. The van der Waals surface area contributed by atoms with Crippen molar-refractivity contribution in [3.05, 3.63) is 30.3 Å². The van der Waals surface area contributed by atoms with Gasteiger partial charge in [-0.05, 0) is 25.5 Å². The Bertz CT molecular complexity index is 428. The van der Waals surface area contributed by atoms with Gasteiger partial charge < -0.3 is 5.32 Å². The van der Waals surface area contributed by atoms with Gasteiger partial charge in [-0.3, -0.25) is 0 Å². The van der Waals surface area contributed by atoms with Crippen molar-refractivity contribution in [2.45, 2.75) is 38.4 Å². The van der Waals surface area contributed by atoms with Crippen LogP contribution in [0, 0.1) is 0 Å². The fourth-order valence-electron chi connectivity index (χ4n) is 1.70. The van der Waals surface area contributed by atoms with Crippen LogP contribution in [0.15, 0.2) is 30.3 Å². The van der Waals surface area contributed by atoms with Crippen LogP contribution in [0.3, 0.4) is 0 Å². The number of sulfone groups is 1. The normalized spacial score (nSPS) is 13.2. The molecule has 0 fully saturated rings. The van der Waals surface area contributed by atoms with Crippen LogP contribution in [0.1, 0.15) is 33.1 Å². The Morgan fingerprint density at radius 1 is 1.17 bits per heavy atom. The van der Waals surface area contributed by atoms with Crippen molar-refractivity contribution in [2.24, 2.45) is 0 Å². The molecule has 4 heteroatoms. The van der Waals surface area contributed by atoms with Gasteiger partial charge in [-0.25, -0.2) is 8.42 Å². The average Bonchev–Trinajstić information content (AvgIpc) is 2.37. The second-order valence-electron chi connectivity index (χ2n) is 4.63. The lowest BCUT2D eigenvalue weighted by molar-refractivity contribution is 0.580. The molecule has 0 radical (unpaired) electrons. The van der Waals surface area contributed by atoms with E-state index in [-0.39, 0.29) is 5.25 Å². The van der Waals surface area contributed by atoms with Crippen molar-refractivity contribution >= 4 is 15.5 Å². The summed E-state index contributed by atoms with van der Waals surface area (Å²) in [6, 6.07) is 9.69. The van der Waals surface area contributed by atoms with Crippen molar-refractivity contribution in [1.82, 2.24) is 0 Å². The first-order valence-electron chi connectivity index (χ1n) is 6.56. The van der Waals surface area contributed by atoms with Crippen molar-refractivity contribution in [3.8, 4) is 0 Å². The van der Waals surface area contributed by atoms with Gasteiger partial charge >= 0.3 is 0 Å². The summed E-state index contributed by atoms with van der Waals surface area (Å²) in [5, 5.41) is 2.82. The number of unbranched alkanes of at least 4 members (excludes halogenated alkanes) is 2. The highest BCUT2D eigenvalue weighted by Gasteiger charge is 2.19. The average molecular weight is 269 g/mol. The highest BCUT2D eigenvalue weighted by Crippen LogP contribution is 2.10. The minimum absolute atomic E-state index is 0.304. The van der Waals surface area contributed by atoms with E-state index in [1.165, 1.54) is 0 Å². The molecule has 3 nitrogen and oxygen atoms in total. The Kier molecular flexibility index (Phi) is 6.19. The van der Waals surface area contributed by atoms with Crippen molar-refractivity contribution < 1.29 is 8.42 Å². The molecular weight excluding hydrogens is 246 g/mol. The Hall–Kier alpha value is -1.03. The zero-order valence-electron chi connectivity index (χ0n) is 11.2. The Morgan fingerprint density at radius 3 is 2.44 bits per heavy atom. The van der Waals surface area contributed by atoms with E-state index in [1.54, 1.807) is 6.92 Å². The summed E-state index contributed by atoms with van der Waals surface area (Å²) in [6.45, 7) is 4.32. The summed E-state index contributed by atoms with van der Waals surface area (Å²) >= 11 is 0. The van der Waals surface area contributed by atoms with Crippen molar-refractivity contribution in [2.75, 3.05) is 17.6 Å². The van der Waals surface area contributed by atoms with Crippen LogP contribution < -0.4 is 5.32 Å². The van der Waals surface area contributed by atoms with Crippen LogP contribution in [-0.2, 0) is 9.84 Å². The van der Waals surface area contributed by atoms with Crippen LogP contribution in [0.25, 0.3) is 0 Å². The highest BCUT2D eigenvalue weighted by molar-refractivity contribution is 7.92. The molecule has 0 aliphatic rings. The first-order chi connectivity index (χ1) is 8.56. The standard InChI is InChI=1S/C14H23NO2S/c1-3-4-8-11-18(16,17)13(2)12-15-14-9-6-5-7-10-14/h5-7,9-10,13,15H,3-4,8,11-12H2,1-2H3. The summed E-state index contributed by atoms with van der Waals surface area (Å²) in [6.07, 6.45) is 2.80. The van der Waals surface area contributed by atoms with Crippen LogP contribution in [0.2, 0.25) is 0 Å². The molecule has 0 aliphatic carbocycles. The number of para-hydroxylation sites is 1. The van der Waals surface area contributed by atoms with Gasteiger partial charge in [-0.15, -0.1) is 0 Å². The Morgan fingerprint density at radius 2 is 1.83 bits per heavy atom. The first-order valence-corrected chi connectivity index (χ1v) is 8.28. The molecule has 1 rings (SSSR count). The number of nitrogens with one attached hydrogen (secondary N) is 1. The maximum Gasteiger partial charge on any atom is 0.154 e. The minimum atomic E-state index is -2.97. The third-order valence-electron chi connectivity index (χ3n) is 3.01. The lowest BCUT2D eigenvalue weighted by Crippen LogP contribution is -2.28. The van der Waals surface area contributed by atoms with Crippen LogP contribution in [-0.4, -0.2) is 26.0 Å². The maximum absolute atomic E-state index is 12.0. The second kappa shape index (κ2) is 7.41. The lowest BCUT2D eigenvalue weighted by atomic mass is 10.3. The SMILES string of the molecule is CCCCCS(=O)(=O)C(C)CNc1ccccc1. The van der Waals surface area contributed by atoms with Crippen LogP contribution >= 0.6 is 0 Å². The summed E-state index contributed by atoms with van der Waals surface area (Å²) in [7, 11) is -2.97. The van der Waals surface area contributed by atoms with Crippen molar-refractivity contribution in [1.29, 1.82) is 0 Å². The number of rotatable bonds is 8.